The lowest BCUT2D eigenvalue weighted by atomic mass is 10.1. The van der Waals surface area contributed by atoms with Gasteiger partial charge in [0.2, 0.25) is 0 Å². The third-order valence-electron chi connectivity index (χ3n) is 2.56. The van der Waals surface area contributed by atoms with Gasteiger partial charge in [0.25, 0.3) is 0 Å². The minimum atomic E-state index is 0.0123. The van der Waals surface area contributed by atoms with Gasteiger partial charge in [0, 0.05) is 7.11 Å². The van der Waals surface area contributed by atoms with Crippen LogP contribution in [-0.2, 0) is 14.2 Å². The summed E-state index contributed by atoms with van der Waals surface area (Å²) in [5.74, 6) is 0. The Kier molecular flexibility index (Phi) is 6.15. The first-order valence-electron chi connectivity index (χ1n) is 5.62. The monoisotopic (exact) mass is 202 g/mol. The number of hydrogen-bond donors (Lipinski definition) is 0. The van der Waals surface area contributed by atoms with Crippen LogP contribution < -0.4 is 0 Å². The molecule has 0 saturated carbocycles. The van der Waals surface area contributed by atoms with E-state index in [4.69, 9.17) is 14.2 Å². The minimum Gasteiger partial charge on any atom is -0.377 e. The third-order valence-corrected chi connectivity index (χ3v) is 2.56. The number of rotatable bonds is 6. The molecule has 0 spiro atoms. The molecule has 3 nitrogen and oxygen atoms in total. The second kappa shape index (κ2) is 7.21. The molecule has 1 rings (SSSR count). The van der Waals surface area contributed by atoms with Crippen LogP contribution >= 0.6 is 0 Å². The molecule has 0 unspecified atom stereocenters. The number of unbranched alkanes of at least 4 members (excludes halogenated alkanes) is 3. The zero-order chi connectivity index (χ0) is 10.2. The highest BCUT2D eigenvalue weighted by atomic mass is 16.7. The van der Waals surface area contributed by atoms with E-state index < -0.39 is 0 Å². The fourth-order valence-corrected chi connectivity index (χ4v) is 1.57. The molecule has 14 heavy (non-hydrogen) atoms. The average molecular weight is 202 g/mol. The molecule has 1 saturated heterocycles. The molecule has 3 heteroatoms. The van der Waals surface area contributed by atoms with Crippen molar-refractivity contribution >= 4 is 0 Å². The Bertz CT molecular complexity index is 130. The maximum absolute atomic E-state index is 5.51. The van der Waals surface area contributed by atoms with Crippen LogP contribution in [0.3, 0.4) is 0 Å². The van der Waals surface area contributed by atoms with E-state index in [0.29, 0.717) is 13.2 Å². The highest BCUT2D eigenvalue weighted by Gasteiger charge is 2.20. The van der Waals surface area contributed by atoms with E-state index in [2.05, 4.69) is 6.92 Å². The van der Waals surface area contributed by atoms with Crippen molar-refractivity contribution in [2.75, 3.05) is 20.3 Å². The van der Waals surface area contributed by atoms with Crippen LogP contribution in [0.2, 0.25) is 0 Å². The number of methoxy groups -OCH3 is 1. The van der Waals surface area contributed by atoms with Crippen molar-refractivity contribution in [2.45, 2.75) is 51.4 Å². The van der Waals surface area contributed by atoms with Crippen LogP contribution in [0.5, 0.6) is 0 Å². The SMILES string of the molecule is CCCCCC[C@H]1OC[C@H](OC)CO1. The minimum absolute atomic E-state index is 0.0123. The lowest BCUT2D eigenvalue weighted by Crippen LogP contribution is -2.36. The van der Waals surface area contributed by atoms with Crippen LogP contribution in [0.1, 0.15) is 39.0 Å². The summed E-state index contributed by atoms with van der Waals surface area (Å²) < 4.78 is 16.2. The average Bonchev–Trinajstić information content (AvgIpc) is 2.25. The van der Waals surface area contributed by atoms with Crippen molar-refractivity contribution < 1.29 is 14.2 Å². The van der Waals surface area contributed by atoms with E-state index in [1.165, 1.54) is 25.7 Å². The molecule has 0 aromatic rings. The Morgan fingerprint density at radius 2 is 1.86 bits per heavy atom. The summed E-state index contributed by atoms with van der Waals surface area (Å²) in [5.41, 5.74) is 0. The van der Waals surface area contributed by atoms with E-state index in [0.717, 1.165) is 6.42 Å². The zero-order valence-electron chi connectivity index (χ0n) is 9.33. The largest absolute Gasteiger partial charge is 0.377 e. The second-order valence-electron chi connectivity index (χ2n) is 3.80. The molecule has 0 aromatic heterocycles. The van der Waals surface area contributed by atoms with Crippen molar-refractivity contribution in [1.82, 2.24) is 0 Å². The van der Waals surface area contributed by atoms with Crippen molar-refractivity contribution in [3.8, 4) is 0 Å². The molecule has 0 aromatic carbocycles. The molecule has 0 radical (unpaired) electrons. The maximum Gasteiger partial charge on any atom is 0.157 e. The van der Waals surface area contributed by atoms with Crippen LogP contribution in [0.15, 0.2) is 0 Å². The molecule has 0 amide bonds. The molecule has 0 N–H and O–H groups in total. The quantitative estimate of drug-likeness (QED) is 0.619. The van der Waals surface area contributed by atoms with Crippen LogP contribution in [0.4, 0.5) is 0 Å². The molecule has 84 valence electrons. The third kappa shape index (κ3) is 4.40. The molecule has 0 aliphatic carbocycles. The summed E-state index contributed by atoms with van der Waals surface area (Å²) in [4.78, 5) is 0. The van der Waals surface area contributed by atoms with Crippen molar-refractivity contribution in [3.05, 3.63) is 0 Å². The Hall–Kier alpha value is -0.120. The first-order valence-corrected chi connectivity index (χ1v) is 5.62. The molecule has 0 bridgehead atoms. The molecule has 1 aliphatic rings. The normalized spacial score (nSPS) is 27.9. The molecule has 1 fully saturated rings. The predicted octanol–water partition coefficient (Wildman–Crippen LogP) is 2.34. The summed E-state index contributed by atoms with van der Waals surface area (Å²) in [6, 6.07) is 0. The van der Waals surface area contributed by atoms with Gasteiger partial charge < -0.3 is 14.2 Å². The van der Waals surface area contributed by atoms with E-state index >= 15 is 0 Å². The first-order chi connectivity index (χ1) is 6.86. The first kappa shape index (κ1) is 12.0. The predicted molar refractivity (Wildman–Crippen MR) is 55.2 cm³/mol. The van der Waals surface area contributed by atoms with Gasteiger partial charge in [0.15, 0.2) is 6.29 Å². The van der Waals surface area contributed by atoms with Gasteiger partial charge in [-0.15, -0.1) is 0 Å². The van der Waals surface area contributed by atoms with Crippen LogP contribution in [0, 0.1) is 0 Å². The van der Waals surface area contributed by atoms with Crippen LogP contribution in [0.25, 0.3) is 0 Å². The van der Waals surface area contributed by atoms with Crippen molar-refractivity contribution in [1.29, 1.82) is 0 Å². The topological polar surface area (TPSA) is 27.7 Å². The smallest absolute Gasteiger partial charge is 0.157 e. The summed E-state index contributed by atoms with van der Waals surface area (Å²) in [6.45, 7) is 3.57. The van der Waals surface area contributed by atoms with Gasteiger partial charge in [-0.1, -0.05) is 26.2 Å². The van der Waals surface area contributed by atoms with Gasteiger partial charge in [0.1, 0.15) is 6.10 Å². The van der Waals surface area contributed by atoms with E-state index in [1.807, 2.05) is 0 Å². The molecular formula is C11H22O3. The van der Waals surface area contributed by atoms with Gasteiger partial charge >= 0.3 is 0 Å². The van der Waals surface area contributed by atoms with Crippen LogP contribution in [-0.4, -0.2) is 32.7 Å². The van der Waals surface area contributed by atoms with Gasteiger partial charge in [-0.2, -0.15) is 0 Å². The molecule has 1 aliphatic heterocycles. The maximum atomic E-state index is 5.51. The highest BCUT2D eigenvalue weighted by Crippen LogP contribution is 2.14. The summed E-state index contributed by atoms with van der Waals surface area (Å²) >= 11 is 0. The lowest BCUT2D eigenvalue weighted by molar-refractivity contribution is -0.223. The highest BCUT2D eigenvalue weighted by molar-refractivity contribution is 4.61. The summed E-state index contributed by atoms with van der Waals surface area (Å²) in [7, 11) is 1.69. The zero-order valence-corrected chi connectivity index (χ0v) is 9.33. The van der Waals surface area contributed by atoms with E-state index in [9.17, 15) is 0 Å². The number of ether oxygens (including phenoxy) is 3. The van der Waals surface area contributed by atoms with E-state index in [1.54, 1.807) is 7.11 Å². The second-order valence-corrected chi connectivity index (χ2v) is 3.80. The Labute approximate surface area is 86.7 Å². The standard InChI is InChI=1S/C11H22O3/c1-3-4-5-6-7-11-13-8-10(12-2)9-14-11/h10-11H,3-9H2,1-2H3/t10-,11-. The Morgan fingerprint density at radius 3 is 2.43 bits per heavy atom. The van der Waals surface area contributed by atoms with Gasteiger partial charge in [0.05, 0.1) is 13.2 Å². The van der Waals surface area contributed by atoms with Gasteiger partial charge in [-0.3, -0.25) is 0 Å². The molecule has 0 atom stereocenters. The summed E-state index contributed by atoms with van der Waals surface area (Å²) in [6.07, 6.45) is 6.24. The lowest BCUT2D eigenvalue weighted by Gasteiger charge is -2.28. The Morgan fingerprint density at radius 1 is 1.14 bits per heavy atom. The fraction of sp³-hybridized carbons (Fsp3) is 1.00. The van der Waals surface area contributed by atoms with Crippen molar-refractivity contribution in [3.63, 3.8) is 0 Å². The molecular weight excluding hydrogens is 180 g/mol. The van der Waals surface area contributed by atoms with Gasteiger partial charge in [-0.25, -0.2) is 0 Å². The van der Waals surface area contributed by atoms with Gasteiger partial charge in [-0.05, 0) is 12.8 Å². The van der Waals surface area contributed by atoms with E-state index in [-0.39, 0.29) is 12.4 Å². The fourth-order valence-electron chi connectivity index (χ4n) is 1.57. The Balaban J connectivity index is 1.98. The number of hydrogen-bond acceptors (Lipinski definition) is 3. The van der Waals surface area contributed by atoms with Crippen molar-refractivity contribution in [2.24, 2.45) is 0 Å². The summed E-state index contributed by atoms with van der Waals surface area (Å²) in [5, 5.41) is 0. The molecule has 1 heterocycles.